The lowest BCUT2D eigenvalue weighted by molar-refractivity contribution is 0.103. The highest BCUT2D eigenvalue weighted by Gasteiger charge is 2.10. The molecule has 0 spiro atoms. The molecule has 0 radical (unpaired) electrons. The number of amides is 1. The van der Waals surface area contributed by atoms with Crippen LogP contribution in [0.4, 0.5) is 5.69 Å². The first-order chi connectivity index (χ1) is 7.66. The second-order valence-corrected chi connectivity index (χ2v) is 4.35. The maximum Gasteiger partial charge on any atom is 0.265 e. The summed E-state index contributed by atoms with van der Waals surface area (Å²) in [6.45, 7) is 1.90. The molecule has 16 heavy (non-hydrogen) atoms. The standard InChI is InChI=1S/C12H11NO2S/c1-8-5-6-16-11(8)12(15)13-9-3-2-4-10(14)7-9/h2-7,14H,1H3,(H,13,15). The molecule has 0 unspecified atom stereocenters. The first-order valence-corrected chi connectivity index (χ1v) is 5.69. The SMILES string of the molecule is Cc1ccsc1C(=O)Nc1cccc(O)c1. The number of hydrogen-bond acceptors (Lipinski definition) is 3. The molecule has 0 saturated heterocycles. The van der Waals surface area contributed by atoms with Crippen molar-refractivity contribution in [1.29, 1.82) is 0 Å². The molecule has 3 nitrogen and oxygen atoms in total. The molecule has 0 aliphatic heterocycles. The monoisotopic (exact) mass is 233 g/mol. The summed E-state index contributed by atoms with van der Waals surface area (Å²) in [7, 11) is 0. The van der Waals surface area contributed by atoms with Gasteiger partial charge in [0, 0.05) is 11.8 Å². The second-order valence-electron chi connectivity index (χ2n) is 3.44. The molecule has 0 fully saturated rings. The average molecular weight is 233 g/mol. The lowest BCUT2D eigenvalue weighted by atomic mass is 10.2. The van der Waals surface area contributed by atoms with Crippen LogP contribution in [0, 0.1) is 6.92 Å². The number of carbonyl (C=O) groups excluding carboxylic acids is 1. The van der Waals surface area contributed by atoms with E-state index in [1.807, 2.05) is 18.4 Å². The molecule has 1 amide bonds. The van der Waals surface area contributed by atoms with E-state index < -0.39 is 0 Å². The number of aryl methyl sites for hydroxylation is 1. The third-order valence-corrected chi connectivity index (χ3v) is 3.19. The van der Waals surface area contributed by atoms with Crippen molar-refractivity contribution in [2.45, 2.75) is 6.92 Å². The molecule has 2 rings (SSSR count). The fourth-order valence-corrected chi connectivity index (χ4v) is 2.20. The van der Waals surface area contributed by atoms with Gasteiger partial charge in [0.25, 0.3) is 5.91 Å². The Balaban J connectivity index is 2.17. The van der Waals surface area contributed by atoms with E-state index >= 15 is 0 Å². The summed E-state index contributed by atoms with van der Waals surface area (Å²) < 4.78 is 0. The van der Waals surface area contributed by atoms with Crippen LogP contribution in [-0.2, 0) is 0 Å². The zero-order valence-electron chi connectivity index (χ0n) is 8.73. The summed E-state index contributed by atoms with van der Waals surface area (Å²) in [5.74, 6) is -0.00111. The van der Waals surface area contributed by atoms with Gasteiger partial charge in [-0.1, -0.05) is 6.07 Å². The van der Waals surface area contributed by atoms with Crippen LogP contribution in [0.1, 0.15) is 15.2 Å². The minimum absolute atomic E-state index is 0.140. The molecule has 82 valence electrons. The number of rotatable bonds is 2. The summed E-state index contributed by atoms with van der Waals surface area (Å²) in [5, 5.41) is 13.9. The van der Waals surface area contributed by atoms with Crippen molar-refractivity contribution in [3.63, 3.8) is 0 Å². The number of aromatic hydroxyl groups is 1. The fraction of sp³-hybridized carbons (Fsp3) is 0.0833. The smallest absolute Gasteiger partial charge is 0.265 e. The van der Waals surface area contributed by atoms with Crippen molar-refractivity contribution >= 4 is 22.9 Å². The van der Waals surface area contributed by atoms with Crippen molar-refractivity contribution in [3.8, 4) is 5.75 Å². The second kappa shape index (κ2) is 4.37. The van der Waals surface area contributed by atoms with Crippen molar-refractivity contribution < 1.29 is 9.90 Å². The van der Waals surface area contributed by atoms with E-state index in [1.54, 1.807) is 18.2 Å². The van der Waals surface area contributed by atoms with Crippen LogP contribution in [0.25, 0.3) is 0 Å². The van der Waals surface area contributed by atoms with Crippen LogP contribution in [-0.4, -0.2) is 11.0 Å². The first-order valence-electron chi connectivity index (χ1n) is 4.81. The molecule has 1 aromatic carbocycles. The molecule has 2 aromatic rings. The Kier molecular flexibility index (Phi) is 2.92. The molecule has 0 bridgehead atoms. The number of benzene rings is 1. The lowest BCUT2D eigenvalue weighted by Gasteiger charge is -2.04. The van der Waals surface area contributed by atoms with E-state index in [-0.39, 0.29) is 11.7 Å². The quantitative estimate of drug-likeness (QED) is 0.837. The van der Waals surface area contributed by atoms with Crippen molar-refractivity contribution in [1.82, 2.24) is 0 Å². The van der Waals surface area contributed by atoms with E-state index in [2.05, 4.69) is 5.32 Å². The maximum absolute atomic E-state index is 11.8. The minimum atomic E-state index is -0.141. The van der Waals surface area contributed by atoms with Crippen LogP contribution in [0.5, 0.6) is 5.75 Å². The minimum Gasteiger partial charge on any atom is -0.508 e. The van der Waals surface area contributed by atoms with E-state index in [0.717, 1.165) is 5.56 Å². The van der Waals surface area contributed by atoms with Crippen LogP contribution in [0.2, 0.25) is 0 Å². The molecule has 1 aromatic heterocycles. The molecule has 0 aliphatic carbocycles. The Bertz CT molecular complexity index is 519. The zero-order valence-corrected chi connectivity index (χ0v) is 9.54. The van der Waals surface area contributed by atoms with Gasteiger partial charge < -0.3 is 10.4 Å². The molecule has 2 N–H and O–H groups in total. The van der Waals surface area contributed by atoms with Gasteiger partial charge in [-0.25, -0.2) is 0 Å². The van der Waals surface area contributed by atoms with Crippen molar-refractivity contribution in [2.75, 3.05) is 5.32 Å². The highest BCUT2D eigenvalue weighted by atomic mass is 32.1. The molecule has 0 saturated carbocycles. The summed E-state index contributed by atoms with van der Waals surface area (Å²) in [6, 6.07) is 8.40. The normalized spacial score (nSPS) is 10.1. The van der Waals surface area contributed by atoms with E-state index in [1.165, 1.54) is 17.4 Å². The summed E-state index contributed by atoms with van der Waals surface area (Å²) >= 11 is 1.41. The van der Waals surface area contributed by atoms with Gasteiger partial charge in [-0.3, -0.25) is 4.79 Å². The first kappa shape index (κ1) is 10.7. The molecule has 0 aliphatic rings. The zero-order chi connectivity index (χ0) is 11.5. The van der Waals surface area contributed by atoms with Crippen molar-refractivity contribution in [2.24, 2.45) is 0 Å². The molecule has 4 heteroatoms. The summed E-state index contributed by atoms with van der Waals surface area (Å²) in [5.41, 5.74) is 1.56. The van der Waals surface area contributed by atoms with Gasteiger partial charge >= 0.3 is 0 Å². The predicted octanol–water partition coefficient (Wildman–Crippen LogP) is 3.01. The predicted molar refractivity (Wildman–Crippen MR) is 65.1 cm³/mol. The van der Waals surface area contributed by atoms with E-state index in [0.29, 0.717) is 10.6 Å². The van der Waals surface area contributed by atoms with Gasteiger partial charge in [0.05, 0.1) is 4.88 Å². The number of phenolic OH excluding ortho intramolecular Hbond substituents is 1. The van der Waals surface area contributed by atoms with Gasteiger partial charge in [-0.05, 0) is 36.1 Å². The molecular weight excluding hydrogens is 222 g/mol. The van der Waals surface area contributed by atoms with Gasteiger partial charge in [0.15, 0.2) is 0 Å². The highest BCUT2D eigenvalue weighted by Crippen LogP contribution is 2.19. The molecule has 1 heterocycles. The number of anilines is 1. The highest BCUT2D eigenvalue weighted by molar-refractivity contribution is 7.12. The molecular formula is C12H11NO2S. The third-order valence-electron chi connectivity index (χ3n) is 2.17. The van der Waals surface area contributed by atoms with Gasteiger partial charge in [-0.2, -0.15) is 0 Å². The maximum atomic E-state index is 11.8. The Hall–Kier alpha value is -1.81. The number of phenols is 1. The summed E-state index contributed by atoms with van der Waals surface area (Å²) in [4.78, 5) is 12.5. The Labute approximate surface area is 97.4 Å². The molecule has 0 atom stereocenters. The lowest BCUT2D eigenvalue weighted by Crippen LogP contribution is -2.11. The van der Waals surface area contributed by atoms with Crippen molar-refractivity contribution in [3.05, 3.63) is 46.2 Å². The number of carbonyl (C=O) groups is 1. The summed E-state index contributed by atoms with van der Waals surface area (Å²) in [6.07, 6.45) is 0. The van der Waals surface area contributed by atoms with Crippen LogP contribution in [0.3, 0.4) is 0 Å². The Morgan fingerprint density at radius 2 is 2.19 bits per heavy atom. The Morgan fingerprint density at radius 3 is 2.81 bits per heavy atom. The largest absolute Gasteiger partial charge is 0.508 e. The van der Waals surface area contributed by atoms with Gasteiger partial charge in [0.1, 0.15) is 5.75 Å². The number of thiophene rings is 1. The van der Waals surface area contributed by atoms with Gasteiger partial charge in [0.2, 0.25) is 0 Å². The van der Waals surface area contributed by atoms with Crippen LogP contribution >= 0.6 is 11.3 Å². The average Bonchev–Trinajstić information content (AvgIpc) is 2.64. The third kappa shape index (κ3) is 2.23. The topological polar surface area (TPSA) is 49.3 Å². The van der Waals surface area contributed by atoms with Crippen LogP contribution < -0.4 is 5.32 Å². The van der Waals surface area contributed by atoms with E-state index in [4.69, 9.17) is 0 Å². The fourth-order valence-electron chi connectivity index (χ4n) is 1.38. The number of hydrogen-bond donors (Lipinski definition) is 2. The van der Waals surface area contributed by atoms with Gasteiger partial charge in [-0.15, -0.1) is 11.3 Å². The Morgan fingerprint density at radius 1 is 1.38 bits per heavy atom. The van der Waals surface area contributed by atoms with E-state index in [9.17, 15) is 9.90 Å². The number of nitrogens with one attached hydrogen (secondary N) is 1. The van der Waals surface area contributed by atoms with Crippen LogP contribution in [0.15, 0.2) is 35.7 Å².